The van der Waals surface area contributed by atoms with Gasteiger partial charge in [0.05, 0.1) is 0 Å². The highest BCUT2D eigenvalue weighted by Crippen LogP contribution is 2.30. The van der Waals surface area contributed by atoms with Crippen LogP contribution in [-0.2, 0) is 0 Å². The largest absolute Gasteiger partial charge is 0.356 e. The van der Waals surface area contributed by atoms with Crippen LogP contribution in [-0.4, -0.2) is 23.1 Å². The lowest BCUT2D eigenvalue weighted by Gasteiger charge is -2.33. The fourth-order valence-electron chi connectivity index (χ4n) is 2.09. The quantitative estimate of drug-likeness (QED) is 0.757. The maximum Gasteiger partial charge on any atom is 0.137 e. The van der Waals surface area contributed by atoms with E-state index in [0.29, 0.717) is 5.15 Å². The molecule has 1 aromatic rings. The molecule has 0 N–H and O–H groups in total. The van der Waals surface area contributed by atoms with Gasteiger partial charge in [-0.3, -0.25) is 0 Å². The van der Waals surface area contributed by atoms with Crippen LogP contribution >= 0.6 is 11.6 Å². The molecular formula is C12H18ClN3. The van der Waals surface area contributed by atoms with Crippen LogP contribution in [0.5, 0.6) is 0 Å². The maximum atomic E-state index is 6.02. The van der Waals surface area contributed by atoms with Crippen molar-refractivity contribution in [2.45, 2.75) is 33.1 Å². The van der Waals surface area contributed by atoms with Crippen molar-refractivity contribution in [3.8, 4) is 0 Å². The van der Waals surface area contributed by atoms with Crippen LogP contribution in [0.15, 0.2) is 6.33 Å². The number of anilines is 1. The molecule has 0 atom stereocenters. The van der Waals surface area contributed by atoms with Gasteiger partial charge in [-0.15, -0.1) is 0 Å². The van der Waals surface area contributed by atoms with Crippen molar-refractivity contribution in [1.29, 1.82) is 0 Å². The number of hydrogen-bond acceptors (Lipinski definition) is 3. The van der Waals surface area contributed by atoms with Gasteiger partial charge in [-0.05, 0) is 32.6 Å². The van der Waals surface area contributed by atoms with Crippen LogP contribution in [0.25, 0.3) is 0 Å². The normalized spacial score (nSPS) is 15.9. The molecule has 1 saturated carbocycles. The van der Waals surface area contributed by atoms with Gasteiger partial charge in [-0.25, -0.2) is 9.97 Å². The van der Waals surface area contributed by atoms with Crippen molar-refractivity contribution >= 4 is 17.4 Å². The molecule has 16 heavy (non-hydrogen) atoms. The highest BCUT2D eigenvalue weighted by Gasteiger charge is 2.22. The molecule has 2 rings (SSSR count). The summed E-state index contributed by atoms with van der Waals surface area (Å²) in [6.07, 6.45) is 5.64. The van der Waals surface area contributed by atoms with E-state index < -0.39 is 0 Å². The minimum Gasteiger partial charge on any atom is -0.356 e. The molecule has 0 saturated heterocycles. The lowest BCUT2D eigenvalue weighted by molar-refractivity contribution is 0.318. The lowest BCUT2D eigenvalue weighted by Crippen LogP contribution is -2.33. The Hall–Kier alpha value is -0.830. The Morgan fingerprint density at radius 3 is 2.75 bits per heavy atom. The molecule has 0 aromatic carbocycles. The van der Waals surface area contributed by atoms with Gasteiger partial charge in [0.1, 0.15) is 17.3 Å². The molecule has 1 fully saturated rings. The van der Waals surface area contributed by atoms with Gasteiger partial charge in [0.25, 0.3) is 0 Å². The van der Waals surface area contributed by atoms with E-state index in [4.69, 9.17) is 11.6 Å². The minimum atomic E-state index is 0.567. The highest BCUT2D eigenvalue weighted by atomic mass is 35.5. The molecule has 1 aliphatic carbocycles. The standard InChI is InChI=1S/C12H18ClN3/c1-3-16(7-10-5-4-6-10)12-9(2)11(13)14-8-15-12/h8,10H,3-7H2,1-2H3. The minimum absolute atomic E-state index is 0.567. The van der Waals surface area contributed by atoms with Crippen molar-refractivity contribution in [3.63, 3.8) is 0 Å². The third-order valence-electron chi connectivity index (χ3n) is 3.38. The van der Waals surface area contributed by atoms with Crippen molar-refractivity contribution in [3.05, 3.63) is 17.0 Å². The number of aromatic nitrogens is 2. The third-order valence-corrected chi connectivity index (χ3v) is 3.76. The smallest absolute Gasteiger partial charge is 0.137 e. The van der Waals surface area contributed by atoms with Crippen molar-refractivity contribution < 1.29 is 0 Å². The van der Waals surface area contributed by atoms with Gasteiger partial charge < -0.3 is 4.90 Å². The van der Waals surface area contributed by atoms with Gasteiger partial charge in [0.15, 0.2) is 0 Å². The van der Waals surface area contributed by atoms with Crippen LogP contribution in [0.4, 0.5) is 5.82 Å². The first-order valence-corrected chi connectivity index (χ1v) is 6.32. The van der Waals surface area contributed by atoms with Gasteiger partial charge in [0.2, 0.25) is 0 Å². The van der Waals surface area contributed by atoms with E-state index in [9.17, 15) is 0 Å². The van der Waals surface area contributed by atoms with E-state index in [-0.39, 0.29) is 0 Å². The molecule has 0 amide bonds. The number of nitrogens with zero attached hydrogens (tertiary/aromatic N) is 3. The highest BCUT2D eigenvalue weighted by molar-refractivity contribution is 6.30. The van der Waals surface area contributed by atoms with Crippen molar-refractivity contribution in [2.75, 3.05) is 18.0 Å². The summed E-state index contributed by atoms with van der Waals surface area (Å²) in [6, 6.07) is 0. The predicted octanol–water partition coefficient (Wildman–Crippen LogP) is 3.06. The van der Waals surface area contributed by atoms with E-state index in [1.807, 2.05) is 6.92 Å². The summed E-state index contributed by atoms with van der Waals surface area (Å²) in [7, 11) is 0. The molecular weight excluding hydrogens is 222 g/mol. The molecule has 4 heteroatoms. The second-order valence-electron chi connectivity index (χ2n) is 4.45. The first kappa shape index (κ1) is 11.6. The first-order chi connectivity index (χ1) is 7.72. The summed E-state index contributed by atoms with van der Waals surface area (Å²) in [4.78, 5) is 10.7. The van der Waals surface area contributed by atoms with Gasteiger partial charge in [-0.2, -0.15) is 0 Å². The van der Waals surface area contributed by atoms with E-state index in [1.165, 1.54) is 19.3 Å². The Balaban J connectivity index is 2.15. The van der Waals surface area contributed by atoms with Gasteiger partial charge in [-0.1, -0.05) is 18.0 Å². The second kappa shape index (κ2) is 5.00. The first-order valence-electron chi connectivity index (χ1n) is 5.94. The Morgan fingerprint density at radius 1 is 1.44 bits per heavy atom. The van der Waals surface area contributed by atoms with Crippen molar-refractivity contribution in [1.82, 2.24) is 9.97 Å². The molecule has 1 heterocycles. The van der Waals surface area contributed by atoms with Gasteiger partial charge >= 0.3 is 0 Å². The summed E-state index contributed by atoms with van der Waals surface area (Å²) in [5.41, 5.74) is 0.991. The number of halogens is 1. The van der Waals surface area contributed by atoms with Crippen LogP contribution in [0.1, 0.15) is 31.7 Å². The van der Waals surface area contributed by atoms with E-state index in [2.05, 4.69) is 21.8 Å². The summed E-state index contributed by atoms with van der Waals surface area (Å²) < 4.78 is 0. The molecule has 0 spiro atoms. The summed E-state index contributed by atoms with van der Waals surface area (Å²) in [6.45, 7) is 6.23. The van der Waals surface area contributed by atoms with Crippen LogP contribution < -0.4 is 4.90 Å². The van der Waals surface area contributed by atoms with Crippen LogP contribution in [0, 0.1) is 12.8 Å². The third kappa shape index (κ3) is 2.29. The average molecular weight is 240 g/mol. The molecule has 1 aromatic heterocycles. The fourth-order valence-corrected chi connectivity index (χ4v) is 2.22. The Morgan fingerprint density at radius 2 is 2.19 bits per heavy atom. The monoisotopic (exact) mass is 239 g/mol. The Kier molecular flexibility index (Phi) is 3.64. The van der Waals surface area contributed by atoms with Crippen LogP contribution in [0.3, 0.4) is 0 Å². The molecule has 1 aliphatic rings. The molecule has 0 radical (unpaired) electrons. The molecule has 88 valence electrons. The Bertz CT molecular complexity index is 363. The fraction of sp³-hybridized carbons (Fsp3) is 0.667. The topological polar surface area (TPSA) is 29.0 Å². The summed E-state index contributed by atoms with van der Waals surface area (Å²) in [5.74, 6) is 1.84. The number of rotatable bonds is 4. The lowest BCUT2D eigenvalue weighted by atomic mass is 9.85. The van der Waals surface area contributed by atoms with Crippen molar-refractivity contribution in [2.24, 2.45) is 5.92 Å². The average Bonchev–Trinajstić information content (AvgIpc) is 2.22. The molecule has 3 nitrogen and oxygen atoms in total. The van der Waals surface area contributed by atoms with E-state index in [1.54, 1.807) is 6.33 Å². The van der Waals surface area contributed by atoms with Crippen LogP contribution in [0.2, 0.25) is 5.15 Å². The zero-order valence-electron chi connectivity index (χ0n) is 9.91. The second-order valence-corrected chi connectivity index (χ2v) is 4.81. The van der Waals surface area contributed by atoms with E-state index in [0.717, 1.165) is 30.4 Å². The molecule has 0 aliphatic heterocycles. The SMILES string of the molecule is CCN(CC1CCC1)c1ncnc(Cl)c1C. The van der Waals surface area contributed by atoms with Gasteiger partial charge in [0, 0.05) is 18.7 Å². The summed E-state index contributed by atoms with van der Waals surface area (Å²) in [5, 5.41) is 0.567. The maximum absolute atomic E-state index is 6.02. The predicted molar refractivity (Wildman–Crippen MR) is 67.0 cm³/mol. The van der Waals surface area contributed by atoms with E-state index >= 15 is 0 Å². The zero-order valence-corrected chi connectivity index (χ0v) is 10.7. The molecule has 0 bridgehead atoms. The molecule has 0 unspecified atom stereocenters. The zero-order chi connectivity index (χ0) is 11.5. The summed E-state index contributed by atoms with van der Waals surface area (Å²) >= 11 is 6.02. The Labute approximate surface area is 102 Å². The number of hydrogen-bond donors (Lipinski definition) is 0.